The first-order valence-electron chi connectivity index (χ1n) is 7.39. The summed E-state index contributed by atoms with van der Waals surface area (Å²) in [7, 11) is -3.58. The number of benzene rings is 2. The fraction of sp³-hybridized carbons (Fsp3) is 0.235. The molecule has 0 aliphatic heterocycles. The third-order valence-electron chi connectivity index (χ3n) is 3.25. The Morgan fingerprint density at radius 3 is 2.25 bits per heavy atom. The molecule has 0 saturated carbocycles. The van der Waals surface area contributed by atoms with Gasteiger partial charge in [0.25, 0.3) is 5.91 Å². The Hall–Kier alpha value is -2.25. The van der Waals surface area contributed by atoms with Crippen LogP contribution in [0.25, 0.3) is 0 Å². The molecule has 0 aliphatic carbocycles. The summed E-state index contributed by atoms with van der Waals surface area (Å²) < 4.78 is 40.0. The molecule has 1 amide bonds. The van der Waals surface area contributed by atoms with Gasteiger partial charge in [-0.2, -0.15) is 0 Å². The van der Waals surface area contributed by atoms with E-state index >= 15 is 0 Å². The summed E-state index contributed by atoms with van der Waals surface area (Å²) in [5.74, 6) is -0.923. The molecule has 7 heteroatoms. The van der Waals surface area contributed by atoms with Crippen molar-refractivity contribution in [2.24, 2.45) is 0 Å². The zero-order valence-electron chi connectivity index (χ0n) is 13.6. The van der Waals surface area contributed by atoms with Crippen LogP contribution < -0.4 is 10.0 Å². The van der Waals surface area contributed by atoms with Gasteiger partial charge in [0.15, 0.2) is 0 Å². The SMILES string of the molecule is Cc1ccc(C(=O)Nc2ccc(S(=O)(=O)NC(C)C)cc2)cc1F. The first-order chi connectivity index (χ1) is 11.2. The molecule has 24 heavy (non-hydrogen) atoms. The summed E-state index contributed by atoms with van der Waals surface area (Å²) >= 11 is 0. The number of sulfonamides is 1. The predicted molar refractivity (Wildman–Crippen MR) is 91.0 cm³/mol. The molecule has 0 aliphatic rings. The van der Waals surface area contributed by atoms with Crippen LogP contribution in [0.2, 0.25) is 0 Å². The topological polar surface area (TPSA) is 75.3 Å². The standard InChI is InChI=1S/C17H19FN2O3S/c1-11(2)20-24(22,23)15-8-6-14(7-9-15)19-17(21)13-5-4-12(3)16(18)10-13/h4-11,20H,1-3H3,(H,19,21). The van der Waals surface area contributed by atoms with Crippen LogP contribution in [0, 0.1) is 12.7 Å². The van der Waals surface area contributed by atoms with E-state index in [1.165, 1.54) is 36.4 Å². The number of nitrogens with one attached hydrogen (secondary N) is 2. The maximum atomic E-state index is 13.5. The maximum Gasteiger partial charge on any atom is 0.255 e. The lowest BCUT2D eigenvalue weighted by Gasteiger charge is -2.10. The molecular formula is C17H19FN2O3S. The summed E-state index contributed by atoms with van der Waals surface area (Å²) in [5.41, 5.74) is 1.07. The van der Waals surface area contributed by atoms with Gasteiger partial charge >= 0.3 is 0 Å². The van der Waals surface area contributed by atoms with Crippen LogP contribution in [0.3, 0.4) is 0 Å². The second-order valence-electron chi connectivity index (χ2n) is 5.72. The van der Waals surface area contributed by atoms with Gasteiger partial charge in [0.05, 0.1) is 4.90 Å². The van der Waals surface area contributed by atoms with Crippen LogP contribution in [0.4, 0.5) is 10.1 Å². The molecule has 0 bridgehead atoms. The fourth-order valence-corrected chi connectivity index (χ4v) is 3.28. The number of hydrogen-bond donors (Lipinski definition) is 2. The molecule has 0 aromatic heterocycles. The molecule has 0 fully saturated rings. The molecule has 2 aromatic rings. The van der Waals surface area contributed by atoms with Gasteiger partial charge in [-0.05, 0) is 62.7 Å². The van der Waals surface area contributed by atoms with Gasteiger partial charge in [-0.3, -0.25) is 4.79 Å². The van der Waals surface area contributed by atoms with Crippen molar-refractivity contribution < 1.29 is 17.6 Å². The molecular weight excluding hydrogens is 331 g/mol. The highest BCUT2D eigenvalue weighted by molar-refractivity contribution is 7.89. The van der Waals surface area contributed by atoms with Gasteiger partial charge in [0, 0.05) is 17.3 Å². The average Bonchev–Trinajstić information content (AvgIpc) is 2.49. The molecule has 0 saturated heterocycles. The molecule has 0 unspecified atom stereocenters. The van der Waals surface area contributed by atoms with E-state index in [0.717, 1.165) is 6.07 Å². The summed E-state index contributed by atoms with van der Waals surface area (Å²) in [6, 6.07) is 9.76. The first-order valence-corrected chi connectivity index (χ1v) is 8.87. The number of hydrogen-bond acceptors (Lipinski definition) is 3. The smallest absolute Gasteiger partial charge is 0.255 e. The van der Waals surface area contributed by atoms with E-state index in [1.54, 1.807) is 20.8 Å². The van der Waals surface area contributed by atoms with E-state index < -0.39 is 21.7 Å². The van der Waals surface area contributed by atoms with Crippen molar-refractivity contribution in [3.8, 4) is 0 Å². The van der Waals surface area contributed by atoms with Crippen LogP contribution >= 0.6 is 0 Å². The van der Waals surface area contributed by atoms with E-state index in [-0.39, 0.29) is 16.5 Å². The van der Waals surface area contributed by atoms with Crippen molar-refractivity contribution >= 4 is 21.6 Å². The minimum absolute atomic E-state index is 0.107. The molecule has 0 radical (unpaired) electrons. The zero-order valence-corrected chi connectivity index (χ0v) is 14.4. The van der Waals surface area contributed by atoms with Crippen LogP contribution in [0.5, 0.6) is 0 Å². The zero-order chi connectivity index (χ0) is 17.9. The highest BCUT2D eigenvalue weighted by atomic mass is 32.2. The molecule has 5 nitrogen and oxygen atoms in total. The van der Waals surface area contributed by atoms with Gasteiger partial charge < -0.3 is 5.32 Å². The van der Waals surface area contributed by atoms with Gasteiger partial charge in [-0.15, -0.1) is 0 Å². The van der Waals surface area contributed by atoms with Crippen LogP contribution in [0.1, 0.15) is 29.8 Å². The largest absolute Gasteiger partial charge is 0.322 e. The number of carbonyl (C=O) groups excluding carboxylic acids is 1. The highest BCUT2D eigenvalue weighted by Gasteiger charge is 2.15. The normalized spacial score (nSPS) is 11.5. The average molecular weight is 350 g/mol. The number of carbonyl (C=O) groups is 1. The van der Waals surface area contributed by atoms with Gasteiger partial charge in [-0.1, -0.05) is 6.07 Å². The van der Waals surface area contributed by atoms with E-state index in [2.05, 4.69) is 10.0 Å². The summed E-state index contributed by atoms with van der Waals surface area (Å²) in [6.45, 7) is 5.07. The second kappa shape index (κ2) is 7.11. The third-order valence-corrected chi connectivity index (χ3v) is 4.92. The van der Waals surface area contributed by atoms with E-state index in [4.69, 9.17) is 0 Å². The summed E-state index contributed by atoms with van der Waals surface area (Å²) in [4.78, 5) is 12.2. The van der Waals surface area contributed by atoms with E-state index in [0.29, 0.717) is 11.3 Å². The molecule has 0 atom stereocenters. The summed E-state index contributed by atoms with van der Waals surface area (Å²) in [5, 5.41) is 2.60. The number of amides is 1. The first kappa shape index (κ1) is 18.1. The Bertz CT molecular complexity index is 847. The molecule has 2 aromatic carbocycles. The Morgan fingerprint density at radius 1 is 1.08 bits per heavy atom. The number of anilines is 1. The minimum Gasteiger partial charge on any atom is -0.322 e. The van der Waals surface area contributed by atoms with Crippen LogP contribution in [0.15, 0.2) is 47.4 Å². The van der Waals surface area contributed by atoms with Crippen molar-refractivity contribution in [2.75, 3.05) is 5.32 Å². The fourth-order valence-electron chi connectivity index (χ4n) is 2.03. The maximum absolute atomic E-state index is 13.5. The lowest BCUT2D eigenvalue weighted by molar-refractivity contribution is 0.102. The number of aryl methyl sites for hydroxylation is 1. The molecule has 128 valence electrons. The Kier molecular flexibility index (Phi) is 5.36. The van der Waals surface area contributed by atoms with Crippen molar-refractivity contribution in [3.05, 3.63) is 59.4 Å². The molecule has 2 N–H and O–H groups in total. The lowest BCUT2D eigenvalue weighted by Crippen LogP contribution is -2.30. The van der Waals surface area contributed by atoms with Crippen molar-refractivity contribution in [1.29, 1.82) is 0 Å². The van der Waals surface area contributed by atoms with Gasteiger partial charge in [0.1, 0.15) is 5.82 Å². The monoisotopic (exact) mass is 350 g/mol. The number of halogens is 1. The Balaban J connectivity index is 2.14. The Labute approximate surface area is 141 Å². The van der Waals surface area contributed by atoms with Crippen LogP contribution in [-0.2, 0) is 10.0 Å². The molecule has 2 rings (SSSR count). The highest BCUT2D eigenvalue weighted by Crippen LogP contribution is 2.16. The second-order valence-corrected chi connectivity index (χ2v) is 7.43. The predicted octanol–water partition coefficient (Wildman–Crippen LogP) is 3.07. The van der Waals surface area contributed by atoms with Crippen molar-refractivity contribution in [1.82, 2.24) is 4.72 Å². The van der Waals surface area contributed by atoms with Gasteiger partial charge in [0.2, 0.25) is 10.0 Å². The Morgan fingerprint density at radius 2 is 1.71 bits per heavy atom. The molecule has 0 heterocycles. The third kappa shape index (κ3) is 4.39. The summed E-state index contributed by atoms with van der Waals surface area (Å²) in [6.07, 6.45) is 0. The van der Waals surface area contributed by atoms with E-state index in [9.17, 15) is 17.6 Å². The lowest BCUT2D eigenvalue weighted by atomic mass is 10.1. The minimum atomic E-state index is -3.58. The number of rotatable bonds is 5. The quantitative estimate of drug-likeness (QED) is 0.870. The molecule has 0 spiro atoms. The van der Waals surface area contributed by atoms with Crippen molar-refractivity contribution in [2.45, 2.75) is 31.7 Å². The van der Waals surface area contributed by atoms with E-state index in [1.807, 2.05) is 0 Å². The van der Waals surface area contributed by atoms with Crippen molar-refractivity contribution in [3.63, 3.8) is 0 Å². The van der Waals surface area contributed by atoms with Crippen LogP contribution in [-0.4, -0.2) is 20.4 Å². The van der Waals surface area contributed by atoms with Gasteiger partial charge in [-0.25, -0.2) is 17.5 Å².